The molecule has 0 fully saturated rings. The quantitative estimate of drug-likeness (QED) is 0.373. The van der Waals surface area contributed by atoms with Crippen molar-refractivity contribution >= 4 is 23.0 Å². The first-order valence-corrected chi connectivity index (χ1v) is 6.68. The fourth-order valence-corrected chi connectivity index (χ4v) is 2.00. The molecule has 5 heteroatoms. The first kappa shape index (κ1) is 15.5. The number of fused-ring (bicyclic) bond motifs is 1. The van der Waals surface area contributed by atoms with Crippen molar-refractivity contribution in [2.45, 2.75) is 6.54 Å². The summed E-state index contributed by atoms with van der Waals surface area (Å²) in [6, 6.07) is 5.68. The van der Waals surface area contributed by atoms with Crippen LogP contribution in [-0.2, 0) is 11.3 Å². The number of hydrogen-bond donors (Lipinski definition) is 2. The van der Waals surface area contributed by atoms with E-state index in [1.807, 2.05) is 34.9 Å². The summed E-state index contributed by atoms with van der Waals surface area (Å²) in [6.07, 6.45) is 10.1. The standard InChI is InChI=1S/C17H17N3O2/c1-3-4-5-13(2)11-20-12-18-15-10-14(6-8-16(15)20)7-9-17(21)19-22/h3-10,12,22H,1-2,11H2,(H,19,21)/b5-4-,9-7+. The van der Waals surface area contributed by atoms with E-state index in [2.05, 4.69) is 18.1 Å². The van der Waals surface area contributed by atoms with Crippen LogP contribution in [0.25, 0.3) is 17.1 Å². The Morgan fingerprint density at radius 2 is 2.23 bits per heavy atom. The molecule has 1 amide bonds. The molecule has 0 atom stereocenters. The van der Waals surface area contributed by atoms with Crippen LogP contribution in [0.1, 0.15) is 5.56 Å². The van der Waals surface area contributed by atoms with Crippen LogP contribution in [0, 0.1) is 0 Å². The number of carbonyl (C=O) groups is 1. The van der Waals surface area contributed by atoms with E-state index in [0.29, 0.717) is 6.54 Å². The van der Waals surface area contributed by atoms with E-state index in [-0.39, 0.29) is 0 Å². The number of imidazole rings is 1. The molecule has 1 heterocycles. The molecule has 0 spiro atoms. The number of carbonyl (C=O) groups excluding carboxylic acids is 1. The van der Waals surface area contributed by atoms with Crippen LogP contribution < -0.4 is 5.48 Å². The highest BCUT2D eigenvalue weighted by molar-refractivity contribution is 5.91. The molecule has 0 aliphatic carbocycles. The van der Waals surface area contributed by atoms with Gasteiger partial charge in [0, 0.05) is 12.6 Å². The molecule has 0 bridgehead atoms. The van der Waals surface area contributed by atoms with Crippen molar-refractivity contribution in [1.82, 2.24) is 15.0 Å². The maximum Gasteiger partial charge on any atom is 0.267 e. The number of amides is 1. The van der Waals surface area contributed by atoms with E-state index >= 15 is 0 Å². The van der Waals surface area contributed by atoms with Crippen molar-refractivity contribution in [2.75, 3.05) is 0 Å². The summed E-state index contributed by atoms with van der Waals surface area (Å²) in [5, 5.41) is 8.45. The normalized spacial score (nSPS) is 11.3. The lowest BCUT2D eigenvalue weighted by Gasteiger charge is -2.04. The number of rotatable bonds is 6. The fourth-order valence-electron chi connectivity index (χ4n) is 2.00. The highest BCUT2D eigenvalue weighted by Gasteiger charge is 2.03. The highest BCUT2D eigenvalue weighted by atomic mass is 16.5. The predicted octanol–water partition coefficient (Wildman–Crippen LogP) is 2.85. The maximum atomic E-state index is 11.0. The van der Waals surface area contributed by atoms with Gasteiger partial charge in [0.1, 0.15) is 0 Å². The van der Waals surface area contributed by atoms with Gasteiger partial charge >= 0.3 is 0 Å². The zero-order chi connectivity index (χ0) is 15.9. The van der Waals surface area contributed by atoms with Crippen molar-refractivity contribution in [3.05, 3.63) is 73.1 Å². The molecule has 0 aliphatic rings. The second-order valence-electron chi connectivity index (χ2n) is 4.68. The predicted molar refractivity (Wildman–Crippen MR) is 87.2 cm³/mol. The molecule has 0 radical (unpaired) electrons. The molecular weight excluding hydrogens is 278 g/mol. The van der Waals surface area contributed by atoms with Crippen molar-refractivity contribution < 1.29 is 10.0 Å². The van der Waals surface area contributed by atoms with Crippen molar-refractivity contribution in [3.63, 3.8) is 0 Å². The van der Waals surface area contributed by atoms with E-state index < -0.39 is 5.91 Å². The van der Waals surface area contributed by atoms with Crippen LogP contribution in [0.4, 0.5) is 0 Å². The molecule has 2 aromatic rings. The van der Waals surface area contributed by atoms with Gasteiger partial charge in [0.2, 0.25) is 0 Å². The van der Waals surface area contributed by atoms with E-state index in [9.17, 15) is 4.79 Å². The highest BCUT2D eigenvalue weighted by Crippen LogP contribution is 2.17. The Morgan fingerprint density at radius 1 is 1.41 bits per heavy atom. The third kappa shape index (κ3) is 3.80. The van der Waals surface area contributed by atoms with Gasteiger partial charge in [0.15, 0.2) is 0 Å². The molecule has 5 nitrogen and oxygen atoms in total. The average Bonchev–Trinajstić information content (AvgIpc) is 2.92. The molecule has 0 saturated carbocycles. The summed E-state index contributed by atoms with van der Waals surface area (Å²) in [5.74, 6) is -0.573. The molecular formula is C17H17N3O2. The number of aromatic nitrogens is 2. The largest absolute Gasteiger partial charge is 0.326 e. The van der Waals surface area contributed by atoms with Gasteiger partial charge in [-0.2, -0.15) is 0 Å². The Kier molecular flexibility index (Phi) is 5.06. The summed E-state index contributed by atoms with van der Waals surface area (Å²) >= 11 is 0. The summed E-state index contributed by atoms with van der Waals surface area (Å²) in [6.45, 7) is 8.26. The molecule has 112 valence electrons. The molecule has 0 saturated heterocycles. The van der Waals surface area contributed by atoms with Crippen LogP contribution in [0.2, 0.25) is 0 Å². The Morgan fingerprint density at radius 3 is 2.95 bits per heavy atom. The summed E-state index contributed by atoms with van der Waals surface area (Å²) < 4.78 is 2.00. The van der Waals surface area contributed by atoms with Gasteiger partial charge in [-0.25, -0.2) is 10.5 Å². The molecule has 1 aromatic carbocycles. The van der Waals surface area contributed by atoms with Crippen LogP contribution in [0.5, 0.6) is 0 Å². The monoisotopic (exact) mass is 295 g/mol. The third-order valence-electron chi connectivity index (χ3n) is 3.02. The van der Waals surface area contributed by atoms with Crippen LogP contribution in [-0.4, -0.2) is 20.7 Å². The second-order valence-corrected chi connectivity index (χ2v) is 4.68. The molecule has 1 aromatic heterocycles. The first-order valence-electron chi connectivity index (χ1n) is 6.68. The second kappa shape index (κ2) is 7.19. The summed E-state index contributed by atoms with van der Waals surface area (Å²) in [5.41, 5.74) is 5.13. The molecule has 2 rings (SSSR count). The third-order valence-corrected chi connectivity index (χ3v) is 3.02. The Bertz CT molecular complexity index is 769. The minimum atomic E-state index is -0.573. The lowest BCUT2D eigenvalue weighted by Crippen LogP contribution is -2.14. The molecule has 0 unspecified atom stereocenters. The molecule has 22 heavy (non-hydrogen) atoms. The summed E-state index contributed by atoms with van der Waals surface area (Å²) in [7, 11) is 0. The van der Waals surface area contributed by atoms with Gasteiger partial charge in [-0.1, -0.05) is 37.5 Å². The van der Waals surface area contributed by atoms with Crippen molar-refractivity contribution in [3.8, 4) is 0 Å². The van der Waals surface area contributed by atoms with Crippen molar-refractivity contribution in [2.24, 2.45) is 0 Å². The first-order chi connectivity index (χ1) is 10.6. The molecule has 2 N–H and O–H groups in total. The minimum Gasteiger partial charge on any atom is -0.326 e. The zero-order valence-corrected chi connectivity index (χ0v) is 12.1. The topological polar surface area (TPSA) is 67.2 Å². The van der Waals surface area contributed by atoms with Crippen LogP contribution in [0.3, 0.4) is 0 Å². The number of hydrogen-bond acceptors (Lipinski definition) is 3. The van der Waals surface area contributed by atoms with Crippen LogP contribution in [0.15, 0.2) is 67.6 Å². The maximum absolute atomic E-state index is 11.0. The van der Waals surface area contributed by atoms with Gasteiger partial charge < -0.3 is 4.57 Å². The van der Waals surface area contributed by atoms with Crippen LogP contribution >= 0.6 is 0 Å². The van der Waals surface area contributed by atoms with Crippen molar-refractivity contribution in [1.29, 1.82) is 0 Å². The number of benzene rings is 1. The number of nitrogens with zero attached hydrogens (tertiary/aromatic N) is 2. The molecule has 0 aliphatic heterocycles. The number of allylic oxidation sites excluding steroid dienone is 4. The summed E-state index contributed by atoms with van der Waals surface area (Å²) in [4.78, 5) is 15.3. The van der Waals surface area contributed by atoms with E-state index in [0.717, 1.165) is 22.2 Å². The van der Waals surface area contributed by atoms with E-state index in [1.54, 1.807) is 24.0 Å². The zero-order valence-electron chi connectivity index (χ0n) is 12.1. The minimum absolute atomic E-state index is 0.573. The van der Waals surface area contributed by atoms with Gasteiger partial charge in [-0.15, -0.1) is 0 Å². The average molecular weight is 295 g/mol. The van der Waals surface area contributed by atoms with Gasteiger partial charge in [-0.05, 0) is 29.3 Å². The Balaban J connectivity index is 2.21. The lowest BCUT2D eigenvalue weighted by atomic mass is 10.2. The SMILES string of the molecule is C=C/C=C\C(=C)Cn1cnc2cc(/C=C/C(=O)NO)ccc21. The number of hydroxylamine groups is 1. The Labute approximate surface area is 128 Å². The van der Waals surface area contributed by atoms with E-state index in [1.165, 1.54) is 6.08 Å². The smallest absolute Gasteiger partial charge is 0.267 e. The van der Waals surface area contributed by atoms with Gasteiger partial charge in [-0.3, -0.25) is 10.0 Å². The van der Waals surface area contributed by atoms with E-state index in [4.69, 9.17) is 5.21 Å². The lowest BCUT2D eigenvalue weighted by molar-refractivity contribution is -0.124. The Hall–Kier alpha value is -2.92. The number of nitrogens with one attached hydrogen (secondary N) is 1. The fraction of sp³-hybridized carbons (Fsp3) is 0.0588. The van der Waals surface area contributed by atoms with Gasteiger partial charge in [0.25, 0.3) is 5.91 Å². The van der Waals surface area contributed by atoms with Gasteiger partial charge in [0.05, 0.1) is 17.4 Å².